The lowest BCUT2D eigenvalue weighted by molar-refractivity contribution is 0.376. The van der Waals surface area contributed by atoms with Gasteiger partial charge in [0.2, 0.25) is 0 Å². The molecule has 2 heteroatoms. The van der Waals surface area contributed by atoms with Gasteiger partial charge in [0.25, 0.3) is 0 Å². The van der Waals surface area contributed by atoms with Gasteiger partial charge in [-0.2, -0.15) is 0 Å². The summed E-state index contributed by atoms with van der Waals surface area (Å²) in [5.74, 6) is 0. The van der Waals surface area contributed by atoms with E-state index in [0.29, 0.717) is 0 Å². The van der Waals surface area contributed by atoms with Crippen LogP contribution >= 0.6 is 11.6 Å². The average molecular weight is 192 g/mol. The van der Waals surface area contributed by atoms with Crippen LogP contribution in [0.25, 0.3) is 0 Å². The molecule has 0 radical (unpaired) electrons. The van der Waals surface area contributed by atoms with Crippen LogP contribution in [-0.4, -0.2) is 17.0 Å². The summed E-state index contributed by atoms with van der Waals surface area (Å²) in [5, 5.41) is 3.43. The van der Waals surface area contributed by atoms with Gasteiger partial charge in [0, 0.05) is 12.1 Å². The van der Waals surface area contributed by atoms with E-state index in [2.05, 4.69) is 39.9 Å². The molecule has 1 N–H and O–H groups in total. The Morgan fingerprint density at radius 1 is 1.08 bits per heavy atom. The Bertz CT molecular complexity index is 122. The number of rotatable bonds is 4. The molecule has 0 aromatic carbocycles. The van der Waals surface area contributed by atoms with E-state index in [1.165, 1.54) is 0 Å². The lowest BCUT2D eigenvalue weighted by Gasteiger charge is -2.29. The maximum atomic E-state index is 6.35. The molecule has 0 heterocycles. The zero-order valence-corrected chi connectivity index (χ0v) is 9.76. The third-order valence-electron chi connectivity index (χ3n) is 2.20. The van der Waals surface area contributed by atoms with Crippen LogP contribution in [-0.2, 0) is 0 Å². The first-order valence-electron chi connectivity index (χ1n) is 4.77. The monoisotopic (exact) mass is 191 g/mol. The van der Waals surface area contributed by atoms with E-state index in [9.17, 15) is 0 Å². The molecule has 0 aromatic rings. The minimum absolute atomic E-state index is 0.0483. The molecule has 0 aliphatic carbocycles. The SMILES string of the molecule is CCC(Cl)(CC)CNC(C)(C)C. The summed E-state index contributed by atoms with van der Waals surface area (Å²) in [7, 11) is 0. The van der Waals surface area contributed by atoms with E-state index in [0.717, 1.165) is 19.4 Å². The number of halogens is 1. The fourth-order valence-corrected chi connectivity index (χ4v) is 0.990. The van der Waals surface area contributed by atoms with E-state index >= 15 is 0 Å². The predicted molar refractivity (Wildman–Crippen MR) is 56.9 cm³/mol. The van der Waals surface area contributed by atoms with Crippen molar-refractivity contribution in [2.45, 2.75) is 57.9 Å². The molecule has 12 heavy (non-hydrogen) atoms. The van der Waals surface area contributed by atoms with Crippen molar-refractivity contribution in [3.63, 3.8) is 0 Å². The highest BCUT2D eigenvalue weighted by atomic mass is 35.5. The molecule has 0 atom stereocenters. The van der Waals surface area contributed by atoms with Crippen molar-refractivity contribution in [1.29, 1.82) is 0 Å². The molecule has 0 aliphatic rings. The second-order valence-electron chi connectivity index (χ2n) is 4.46. The van der Waals surface area contributed by atoms with Crippen molar-refractivity contribution >= 4 is 11.6 Å². The molecule has 0 saturated carbocycles. The first kappa shape index (κ1) is 12.2. The first-order chi connectivity index (χ1) is 5.33. The highest BCUT2D eigenvalue weighted by Gasteiger charge is 2.24. The quantitative estimate of drug-likeness (QED) is 0.674. The lowest BCUT2D eigenvalue weighted by Crippen LogP contribution is -2.44. The highest BCUT2D eigenvalue weighted by Crippen LogP contribution is 2.23. The molecule has 0 aliphatic heterocycles. The Labute approximate surface area is 81.9 Å². The third kappa shape index (κ3) is 5.00. The second kappa shape index (κ2) is 4.48. The van der Waals surface area contributed by atoms with Crippen molar-refractivity contribution in [3.8, 4) is 0 Å². The minimum atomic E-state index is -0.0483. The fraction of sp³-hybridized carbons (Fsp3) is 1.00. The molecular formula is C10H22ClN. The Balaban J connectivity index is 3.89. The summed E-state index contributed by atoms with van der Waals surface area (Å²) in [6.45, 7) is 11.7. The molecule has 0 bridgehead atoms. The van der Waals surface area contributed by atoms with Crippen molar-refractivity contribution in [2.75, 3.05) is 6.54 Å². The first-order valence-corrected chi connectivity index (χ1v) is 5.15. The molecule has 0 unspecified atom stereocenters. The van der Waals surface area contributed by atoms with E-state index in [-0.39, 0.29) is 10.4 Å². The fourth-order valence-electron chi connectivity index (χ4n) is 0.924. The van der Waals surface area contributed by atoms with Crippen LogP contribution in [0.3, 0.4) is 0 Å². The zero-order chi connectivity index (χ0) is 9.83. The normalized spacial score (nSPS) is 13.5. The van der Waals surface area contributed by atoms with Crippen molar-refractivity contribution in [2.24, 2.45) is 0 Å². The minimum Gasteiger partial charge on any atom is -0.310 e. The van der Waals surface area contributed by atoms with Gasteiger partial charge in [-0.3, -0.25) is 0 Å². The molecule has 0 amide bonds. The van der Waals surface area contributed by atoms with E-state index in [1.807, 2.05) is 0 Å². The largest absolute Gasteiger partial charge is 0.310 e. The number of hydrogen-bond acceptors (Lipinski definition) is 1. The van der Waals surface area contributed by atoms with Gasteiger partial charge in [-0.15, -0.1) is 11.6 Å². The summed E-state index contributed by atoms with van der Waals surface area (Å²) in [6.07, 6.45) is 2.04. The summed E-state index contributed by atoms with van der Waals surface area (Å²) in [6, 6.07) is 0. The molecule has 0 saturated heterocycles. The molecule has 0 rings (SSSR count). The van der Waals surface area contributed by atoms with Gasteiger partial charge in [-0.25, -0.2) is 0 Å². The topological polar surface area (TPSA) is 12.0 Å². The van der Waals surface area contributed by atoms with Crippen LogP contribution in [0.1, 0.15) is 47.5 Å². The van der Waals surface area contributed by atoms with Crippen LogP contribution in [0.2, 0.25) is 0 Å². The Morgan fingerprint density at radius 3 is 1.75 bits per heavy atom. The van der Waals surface area contributed by atoms with Gasteiger partial charge in [-0.05, 0) is 33.6 Å². The van der Waals surface area contributed by atoms with Crippen LogP contribution < -0.4 is 5.32 Å². The molecule has 1 nitrogen and oxygen atoms in total. The summed E-state index contributed by atoms with van der Waals surface area (Å²) in [4.78, 5) is -0.0483. The molecular weight excluding hydrogens is 170 g/mol. The van der Waals surface area contributed by atoms with E-state index in [1.54, 1.807) is 0 Å². The van der Waals surface area contributed by atoms with Crippen LogP contribution in [0.15, 0.2) is 0 Å². The van der Waals surface area contributed by atoms with Gasteiger partial charge in [0.05, 0.1) is 4.87 Å². The maximum Gasteiger partial charge on any atom is 0.0565 e. The second-order valence-corrected chi connectivity index (χ2v) is 5.26. The number of hydrogen-bond donors (Lipinski definition) is 1. The maximum absolute atomic E-state index is 6.35. The Kier molecular flexibility index (Phi) is 4.57. The third-order valence-corrected chi connectivity index (χ3v) is 2.87. The lowest BCUT2D eigenvalue weighted by atomic mass is 10.0. The van der Waals surface area contributed by atoms with Gasteiger partial charge in [0.15, 0.2) is 0 Å². The summed E-state index contributed by atoms with van der Waals surface area (Å²) in [5.41, 5.74) is 0.171. The number of nitrogens with one attached hydrogen (secondary N) is 1. The molecule has 0 spiro atoms. The van der Waals surface area contributed by atoms with Gasteiger partial charge in [-0.1, -0.05) is 13.8 Å². The molecule has 0 fully saturated rings. The predicted octanol–water partition coefficient (Wildman–Crippen LogP) is 3.17. The van der Waals surface area contributed by atoms with Crippen molar-refractivity contribution in [1.82, 2.24) is 5.32 Å². The van der Waals surface area contributed by atoms with Crippen molar-refractivity contribution < 1.29 is 0 Å². The number of alkyl halides is 1. The summed E-state index contributed by atoms with van der Waals surface area (Å²) < 4.78 is 0. The van der Waals surface area contributed by atoms with Crippen LogP contribution in [0.5, 0.6) is 0 Å². The average Bonchev–Trinajstić information content (AvgIpc) is 1.99. The standard InChI is InChI=1S/C10H22ClN/c1-6-10(11,7-2)8-12-9(3,4)5/h12H,6-8H2,1-5H3. The summed E-state index contributed by atoms with van der Waals surface area (Å²) >= 11 is 6.35. The van der Waals surface area contributed by atoms with E-state index < -0.39 is 0 Å². The van der Waals surface area contributed by atoms with E-state index in [4.69, 9.17) is 11.6 Å². The molecule has 0 aromatic heterocycles. The smallest absolute Gasteiger partial charge is 0.0565 e. The Hall–Kier alpha value is 0.250. The Morgan fingerprint density at radius 2 is 1.50 bits per heavy atom. The zero-order valence-electron chi connectivity index (χ0n) is 9.00. The van der Waals surface area contributed by atoms with Gasteiger partial charge >= 0.3 is 0 Å². The van der Waals surface area contributed by atoms with Crippen LogP contribution in [0, 0.1) is 0 Å². The van der Waals surface area contributed by atoms with Gasteiger partial charge < -0.3 is 5.32 Å². The molecule has 74 valence electrons. The highest BCUT2D eigenvalue weighted by molar-refractivity contribution is 6.24. The van der Waals surface area contributed by atoms with Gasteiger partial charge in [0.1, 0.15) is 0 Å². The van der Waals surface area contributed by atoms with Crippen LogP contribution in [0.4, 0.5) is 0 Å². The van der Waals surface area contributed by atoms with Crippen molar-refractivity contribution in [3.05, 3.63) is 0 Å².